The third-order valence-electron chi connectivity index (χ3n) is 3.32. The molecule has 1 heterocycles. The molecule has 0 atom stereocenters. The molecule has 1 aromatic carbocycles. The quantitative estimate of drug-likeness (QED) is 0.332. The van der Waals surface area contributed by atoms with Gasteiger partial charge in [-0.05, 0) is 25.1 Å². The minimum atomic E-state index is -0.836. The van der Waals surface area contributed by atoms with E-state index < -0.39 is 23.4 Å². The van der Waals surface area contributed by atoms with E-state index in [4.69, 9.17) is 9.47 Å². The van der Waals surface area contributed by atoms with Crippen molar-refractivity contribution in [3.63, 3.8) is 0 Å². The van der Waals surface area contributed by atoms with Crippen molar-refractivity contribution in [3.05, 3.63) is 51.8 Å². The first-order valence-electron chi connectivity index (χ1n) is 7.30. The van der Waals surface area contributed by atoms with Gasteiger partial charge in [0.1, 0.15) is 17.1 Å². The molecule has 0 spiro atoms. The van der Waals surface area contributed by atoms with Gasteiger partial charge in [-0.25, -0.2) is 4.79 Å². The molecule has 10 nitrogen and oxygen atoms in total. The average Bonchev–Trinajstić information content (AvgIpc) is 3.10. The van der Waals surface area contributed by atoms with Crippen LogP contribution in [0.4, 0.5) is 11.4 Å². The van der Waals surface area contributed by atoms with Crippen molar-refractivity contribution < 1.29 is 28.8 Å². The number of hydrogen-bond donors (Lipinski definition) is 2. The van der Waals surface area contributed by atoms with Crippen LogP contribution >= 0.6 is 0 Å². The van der Waals surface area contributed by atoms with Crippen LogP contribution in [-0.2, 0) is 9.53 Å². The number of Topliss-reactive ketones (excluding diaryl/α,β-unsaturated/α-hetero) is 1. The fourth-order valence-corrected chi connectivity index (χ4v) is 2.01. The van der Waals surface area contributed by atoms with Crippen molar-refractivity contribution in [3.8, 4) is 5.75 Å². The number of nitrogens with zero attached hydrogens (tertiary/aromatic N) is 1. The maximum Gasteiger partial charge on any atom is 0.355 e. The summed E-state index contributed by atoms with van der Waals surface area (Å²) < 4.78 is 9.71. The smallest absolute Gasteiger partial charge is 0.355 e. The minimum Gasteiger partial charge on any atom is -0.496 e. The number of nitro benzene ring substituents is 1. The summed E-state index contributed by atoms with van der Waals surface area (Å²) in [5.74, 6) is -1.57. The van der Waals surface area contributed by atoms with Gasteiger partial charge in [-0.15, -0.1) is 0 Å². The normalized spacial score (nSPS) is 10.1. The molecule has 0 aliphatic heterocycles. The van der Waals surface area contributed by atoms with E-state index in [2.05, 4.69) is 10.3 Å². The number of anilines is 1. The van der Waals surface area contributed by atoms with Crippen LogP contribution in [0, 0.1) is 10.1 Å². The predicted molar refractivity (Wildman–Crippen MR) is 89.4 cm³/mol. The fraction of sp³-hybridized carbons (Fsp3) is 0.188. The number of H-pyrrole nitrogens is 1. The predicted octanol–water partition coefficient (Wildman–Crippen LogP) is 1.93. The molecule has 0 radical (unpaired) electrons. The van der Waals surface area contributed by atoms with Gasteiger partial charge >= 0.3 is 5.97 Å². The topological polar surface area (TPSA) is 141 Å². The minimum absolute atomic E-state index is 0.0124. The van der Waals surface area contributed by atoms with Gasteiger partial charge in [0.25, 0.3) is 11.6 Å². The lowest BCUT2D eigenvalue weighted by molar-refractivity contribution is -0.384. The van der Waals surface area contributed by atoms with Gasteiger partial charge < -0.3 is 19.8 Å². The maximum absolute atomic E-state index is 11.9. The Balaban J connectivity index is 1.99. The van der Waals surface area contributed by atoms with Crippen molar-refractivity contribution in [2.24, 2.45) is 0 Å². The maximum atomic E-state index is 11.9. The lowest BCUT2D eigenvalue weighted by Gasteiger charge is -2.08. The largest absolute Gasteiger partial charge is 0.496 e. The van der Waals surface area contributed by atoms with E-state index in [1.54, 1.807) is 0 Å². The van der Waals surface area contributed by atoms with Gasteiger partial charge in [-0.1, -0.05) is 0 Å². The summed E-state index contributed by atoms with van der Waals surface area (Å²) in [6.45, 7) is 0.684. The van der Waals surface area contributed by atoms with E-state index in [0.29, 0.717) is 5.56 Å². The number of carbonyl (C=O) groups excluding carboxylic acids is 3. The van der Waals surface area contributed by atoms with Gasteiger partial charge in [0.05, 0.1) is 18.1 Å². The zero-order valence-electron chi connectivity index (χ0n) is 13.9. The Morgan fingerprint density at radius 1 is 1.27 bits per heavy atom. The molecule has 2 aromatic rings. The van der Waals surface area contributed by atoms with E-state index in [-0.39, 0.29) is 28.6 Å². The van der Waals surface area contributed by atoms with Crippen molar-refractivity contribution in [1.82, 2.24) is 4.98 Å². The summed E-state index contributed by atoms with van der Waals surface area (Å²) in [7, 11) is 1.36. The molecule has 0 bridgehead atoms. The van der Waals surface area contributed by atoms with Crippen LogP contribution in [0.3, 0.4) is 0 Å². The number of esters is 1. The second kappa shape index (κ2) is 7.92. The third kappa shape index (κ3) is 4.44. The zero-order chi connectivity index (χ0) is 19.3. The van der Waals surface area contributed by atoms with Crippen molar-refractivity contribution in [2.75, 3.05) is 19.0 Å². The Morgan fingerprint density at radius 3 is 2.58 bits per heavy atom. The first kappa shape index (κ1) is 18.6. The number of rotatable bonds is 7. The Bertz CT molecular complexity index is 872. The number of hydrogen-bond acceptors (Lipinski definition) is 7. The molecule has 0 saturated carbocycles. The third-order valence-corrected chi connectivity index (χ3v) is 3.32. The summed E-state index contributed by atoms with van der Waals surface area (Å²) >= 11 is 0. The highest BCUT2D eigenvalue weighted by Gasteiger charge is 2.19. The number of nitrogens with one attached hydrogen (secondary N) is 2. The van der Waals surface area contributed by atoms with Gasteiger partial charge in [0.2, 0.25) is 0 Å². The molecule has 1 amide bonds. The highest BCUT2D eigenvalue weighted by Crippen LogP contribution is 2.28. The molecule has 0 aliphatic carbocycles. The van der Waals surface area contributed by atoms with E-state index in [1.165, 1.54) is 38.4 Å². The average molecular weight is 361 g/mol. The first-order chi connectivity index (χ1) is 12.3. The van der Waals surface area contributed by atoms with Gasteiger partial charge in [0, 0.05) is 11.8 Å². The SMILES string of the molecule is COc1ccc(NC(=O)COC(=O)c2cc(C(C)=O)c[nH]2)c([N+](=O)[O-])c1. The van der Waals surface area contributed by atoms with Gasteiger partial charge in [-0.2, -0.15) is 0 Å². The summed E-state index contributed by atoms with van der Waals surface area (Å²) in [5.41, 5.74) is -0.108. The van der Waals surface area contributed by atoms with Crippen molar-refractivity contribution in [2.45, 2.75) is 6.92 Å². The van der Waals surface area contributed by atoms with Crippen LogP contribution < -0.4 is 10.1 Å². The molecule has 136 valence electrons. The Kier molecular flexibility index (Phi) is 5.68. The van der Waals surface area contributed by atoms with Crippen LogP contribution in [0.15, 0.2) is 30.5 Å². The number of ether oxygens (including phenoxy) is 2. The highest BCUT2D eigenvalue weighted by atomic mass is 16.6. The number of amides is 1. The fourth-order valence-electron chi connectivity index (χ4n) is 2.01. The van der Waals surface area contributed by atoms with Gasteiger partial charge in [0.15, 0.2) is 12.4 Å². The van der Waals surface area contributed by atoms with E-state index in [1.807, 2.05) is 0 Å². The van der Waals surface area contributed by atoms with E-state index >= 15 is 0 Å². The Morgan fingerprint density at radius 2 is 2.00 bits per heavy atom. The number of benzene rings is 1. The Labute approximate surface area is 147 Å². The highest BCUT2D eigenvalue weighted by molar-refractivity contribution is 5.99. The van der Waals surface area contributed by atoms with Crippen LogP contribution in [0.2, 0.25) is 0 Å². The van der Waals surface area contributed by atoms with Crippen molar-refractivity contribution in [1.29, 1.82) is 0 Å². The molecular weight excluding hydrogens is 346 g/mol. The lowest BCUT2D eigenvalue weighted by atomic mass is 10.2. The number of methoxy groups -OCH3 is 1. The summed E-state index contributed by atoms with van der Waals surface area (Å²) in [4.78, 5) is 47.8. The molecule has 1 aromatic heterocycles. The molecule has 10 heteroatoms. The molecular formula is C16H15N3O7. The van der Waals surface area contributed by atoms with E-state index in [9.17, 15) is 24.5 Å². The van der Waals surface area contributed by atoms with Gasteiger partial charge in [-0.3, -0.25) is 19.7 Å². The molecule has 2 N–H and O–H groups in total. The molecule has 26 heavy (non-hydrogen) atoms. The number of nitro groups is 1. The molecule has 0 saturated heterocycles. The molecule has 0 aliphatic rings. The lowest BCUT2D eigenvalue weighted by Crippen LogP contribution is -2.21. The second-order valence-corrected chi connectivity index (χ2v) is 5.12. The number of carbonyl (C=O) groups is 3. The van der Waals surface area contributed by atoms with Crippen LogP contribution in [-0.4, -0.2) is 41.3 Å². The summed E-state index contributed by atoms with van der Waals surface area (Å²) in [5, 5.41) is 13.4. The van der Waals surface area contributed by atoms with E-state index in [0.717, 1.165) is 6.07 Å². The number of aromatic nitrogens is 1. The van der Waals surface area contributed by atoms with Crippen molar-refractivity contribution >= 4 is 29.0 Å². The standard InChI is InChI=1S/C16H15N3O7/c1-9(20)10-5-13(17-7-10)16(22)26-8-15(21)18-12-4-3-11(25-2)6-14(12)19(23)24/h3-7,17H,8H2,1-2H3,(H,18,21). The summed E-state index contributed by atoms with van der Waals surface area (Å²) in [6, 6.07) is 5.21. The first-order valence-corrected chi connectivity index (χ1v) is 7.30. The van der Waals surface area contributed by atoms with Crippen LogP contribution in [0.25, 0.3) is 0 Å². The summed E-state index contributed by atoms with van der Waals surface area (Å²) in [6.07, 6.45) is 1.35. The number of aromatic amines is 1. The van der Waals surface area contributed by atoms with Crippen LogP contribution in [0.1, 0.15) is 27.8 Å². The number of ketones is 1. The molecule has 0 fully saturated rings. The second-order valence-electron chi connectivity index (χ2n) is 5.12. The molecule has 0 unspecified atom stereocenters. The zero-order valence-corrected chi connectivity index (χ0v) is 13.9. The van der Waals surface area contributed by atoms with Crippen LogP contribution in [0.5, 0.6) is 5.75 Å². The molecule has 2 rings (SSSR count). The Hall–Kier alpha value is -3.69. The monoisotopic (exact) mass is 361 g/mol.